The Kier molecular flexibility index (Phi) is 5.55. The zero-order valence-corrected chi connectivity index (χ0v) is 14.3. The highest BCUT2D eigenvalue weighted by Gasteiger charge is 2.16. The SMILES string of the molecule is CCn1nc(C)c(Cl)c1CC(N)Cc1ccc(Cl)cc1Cl. The number of aryl methyl sites for hydroxylation is 2. The van der Waals surface area contributed by atoms with E-state index in [0.29, 0.717) is 27.9 Å². The zero-order valence-electron chi connectivity index (χ0n) is 12.0. The smallest absolute Gasteiger partial charge is 0.0847 e. The average molecular weight is 347 g/mol. The number of nitrogens with zero attached hydrogens (tertiary/aromatic N) is 2. The van der Waals surface area contributed by atoms with E-state index in [9.17, 15) is 0 Å². The first-order chi connectivity index (χ1) is 9.92. The summed E-state index contributed by atoms with van der Waals surface area (Å²) in [6.45, 7) is 4.71. The average Bonchev–Trinajstić information content (AvgIpc) is 2.69. The first-order valence-corrected chi connectivity index (χ1v) is 7.97. The van der Waals surface area contributed by atoms with Gasteiger partial charge < -0.3 is 5.73 Å². The molecule has 1 unspecified atom stereocenters. The van der Waals surface area contributed by atoms with E-state index in [0.717, 1.165) is 23.5 Å². The van der Waals surface area contributed by atoms with Crippen molar-refractivity contribution in [2.75, 3.05) is 0 Å². The van der Waals surface area contributed by atoms with Crippen molar-refractivity contribution < 1.29 is 0 Å². The molecule has 0 saturated carbocycles. The summed E-state index contributed by atoms with van der Waals surface area (Å²) in [6, 6.07) is 5.39. The molecule has 114 valence electrons. The molecule has 1 aromatic carbocycles. The van der Waals surface area contributed by atoms with E-state index in [-0.39, 0.29) is 6.04 Å². The van der Waals surface area contributed by atoms with Gasteiger partial charge in [-0.1, -0.05) is 40.9 Å². The minimum absolute atomic E-state index is 0.0809. The Morgan fingerprint density at radius 2 is 1.95 bits per heavy atom. The number of aromatic nitrogens is 2. The largest absolute Gasteiger partial charge is 0.327 e. The lowest BCUT2D eigenvalue weighted by Gasteiger charge is -2.14. The lowest BCUT2D eigenvalue weighted by atomic mass is 10.0. The zero-order chi connectivity index (χ0) is 15.6. The van der Waals surface area contributed by atoms with Crippen LogP contribution in [0.15, 0.2) is 18.2 Å². The molecule has 1 aromatic heterocycles. The van der Waals surface area contributed by atoms with Gasteiger partial charge in [0.25, 0.3) is 0 Å². The van der Waals surface area contributed by atoms with Crippen molar-refractivity contribution in [3.63, 3.8) is 0 Å². The van der Waals surface area contributed by atoms with Gasteiger partial charge in [0.2, 0.25) is 0 Å². The number of nitrogens with two attached hydrogens (primary N) is 1. The van der Waals surface area contributed by atoms with Crippen molar-refractivity contribution in [3.8, 4) is 0 Å². The molecule has 0 aliphatic carbocycles. The maximum absolute atomic E-state index is 6.31. The maximum Gasteiger partial charge on any atom is 0.0847 e. The van der Waals surface area contributed by atoms with Gasteiger partial charge in [-0.15, -0.1) is 0 Å². The van der Waals surface area contributed by atoms with E-state index in [1.54, 1.807) is 6.07 Å². The fourth-order valence-corrected chi connectivity index (χ4v) is 3.05. The molecule has 0 radical (unpaired) electrons. The van der Waals surface area contributed by atoms with Crippen molar-refractivity contribution in [1.29, 1.82) is 0 Å². The number of halogens is 3. The molecule has 6 heteroatoms. The second-order valence-electron chi connectivity index (χ2n) is 5.07. The summed E-state index contributed by atoms with van der Waals surface area (Å²) in [5, 5.41) is 6.37. The van der Waals surface area contributed by atoms with Gasteiger partial charge in [-0.3, -0.25) is 4.68 Å². The van der Waals surface area contributed by atoms with E-state index in [4.69, 9.17) is 40.5 Å². The van der Waals surface area contributed by atoms with Gasteiger partial charge in [-0.2, -0.15) is 5.10 Å². The summed E-state index contributed by atoms with van der Waals surface area (Å²) < 4.78 is 1.90. The van der Waals surface area contributed by atoms with Crippen LogP contribution in [0.1, 0.15) is 23.9 Å². The molecular weight excluding hydrogens is 329 g/mol. The molecule has 2 aromatic rings. The van der Waals surface area contributed by atoms with Crippen molar-refractivity contribution in [2.24, 2.45) is 5.73 Å². The quantitative estimate of drug-likeness (QED) is 0.878. The van der Waals surface area contributed by atoms with Crippen LogP contribution >= 0.6 is 34.8 Å². The van der Waals surface area contributed by atoms with Crippen molar-refractivity contribution in [1.82, 2.24) is 9.78 Å². The standard InChI is InChI=1S/C15H18Cl3N3/c1-3-21-14(15(18)9(2)20-21)8-12(19)6-10-4-5-11(16)7-13(10)17/h4-5,7,12H,3,6,8,19H2,1-2H3. The Bertz CT molecular complexity index is 637. The van der Waals surface area contributed by atoms with Crippen LogP contribution in [0.25, 0.3) is 0 Å². The number of benzene rings is 1. The molecule has 0 saturated heterocycles. The van der Waals surface area contributed by atoms with Crippen LogP contribution in [0, 0.1) is 6.92 Å². The molecule has 2 rings (SSSR count). The molecular formula is C15H18Cl3N3. The molecule has 0 amide bonds. The molecule has 21 heavy (non-hydrogen) atoms. The number of rotatable bonds is 5. The maximum atomic E-state index is 6.31. The Morgan fingerprint density at radius 1 is 1.24 bits per heavy atom. The van der Waals surface area contributed by atoms with Crippen LogP contribution < -0.4 is 5.73 Å². The second kappa shape index (κ2) is 7.01. The van der Waals surface area contributed by atoms with Gasteiger partial charge in [0, 0.05) is 29.1 Å². The van der Waals surface area contributed by atoms with Crippen molar-refractivity contribution in [2.45, 2.75) is 39.3 Å². The Hall–Kier alpha value is -0.740. The van der Waals surface area contributed by atoms with Crippen LogP contribution in [0.5, 0.6) is 0 Å². The van der Waals surface area contributed by atoms with Gasteiger partial charge in [0.15, 0.2) is 0 Å². The Balaban J connectivity index is 2.13. The second-order valence-corrected chi connectivity index (χ2v) is 6.29. The van der Waals surface area contributed by atoms with Gasteiger partial charge >= 0.3 is 0 Å². The van der Waals surface area contributed by atoms with E-state index in [1.807, 2.05) is 30.7 Å². The minimum Gasteiger partial charge on any atom is -0.327 e. The van der Waals surface area contributed by atoms with E-state index in [1.165, 1.54) is 0 Å². The van der Waals surface area contributed by atoms with Crippen LogP contribution in [-0.4, -0.2) is 15.8 Å². The van der Waals surface area contributed by atoms with E-state index in [2.05, 4.69) is 5.10 Å². The van der Waals surface area contributed by atoms with Crippen molar-refractivity contribution >= 4 is 34.8 Å². The lowest BCUT2D eigenvalue weighted by Crippen LogP contribution is -2.27. The van der Waals surface area contributed by atoms with Crippen LogP contribution in [0.4, 0.5) is 0 Å². The number of hydrogen-bond acceptors (Lipinski definition) is 2. The van der Waals surface area contributed by atoms with Crippen molar-refractivity contribution in [3.05, 3.63) is 50.2 Å². The highest BCUT2D eigenvalue weighted by molar-refractivity contribution is 6.35. The van der Waals surface area contributed by atoms with Crippen LogP contribution in [0.3, 0.4) is 0 Å². The normalized spacial score (nSPS) is 12.7. The minimum atomic E-state index is -0.0809. The summed E-state index contributed by atoms with van der Waals surface area (Å²) in [5.41, 5.74) is 9.06. The van der Waals surface area contributed by atoms with Gasteiger partial charge in [-0.05, 0) is 38.0 Å². The lowest BCUT2D eigenvalue weighted by molar-refractivity contribution is 0.574. The molecule has 0 fully saturated rings. The first kappa shape index (κ1) is 16.6. The molecule has 3 nitrogen and oxygen atoms in total. The molecule has 0 aliphatic rings. The third kappa shape index (κ3) is 3.92. The topological polar surface area (TPSA) is 43.8 Å². The van der Waals surface area contributed by atoms with E-state index >= 15 is 0 Å². The summed E-state index contributed by atoms with van der Waals surface area (Å²) >= 11 is 18.4. The molecule has 0 spiro atoms. The van der Waals surface area contributed by atoms with Crippen LogP contribution in [-0.2, 0) is 19.4 Å². The van der Waals surface area contributed by atoms with Gasteiger partial charge in [0.05, 0.1) is 16.4 Å². The fourth-order valence-electron chi connectivity index (χ4n) is 2.35. The third-order valence-electron chi connectivity index (χ3n) is 3.41. The van der Waals surface area contributed by atoms with E-state index < -0.39 is 0 Å². The molecule has 2 N–H and O–H groups in total. The Labute approximate surface area is 140 Å². The highest BCUT2D eigenvalue weighted by Crippen LogP contribution is 2.25. The molecule has 1 heterocycles. The van der Waals surface area contributed by atoms with Gasteiger partial charge in [0.1, 0.15) is 0 Å². The summed E-state index contributed by atoms with van der Waals surface area (Å²) in [5.74, 6) is 0. The monoisotopic (exact) mass is 345 g/mol. The Morgan fingerprint density at radius 3 is 2.57 bits per heavy atom. The first-order valence-electron chi connectivity index (χ1n) is 6.83. The fraction of sp³-hybridized carbons (Fsp3) is 0.400. The summed E-state index contributed by atoms with van der Waals surface area (Å²) in [7, 11) is 0. The highest BCUT2D eigenvalue weighted by atomic mass is 35.5. The summed E-state index contributed by atoms with van der Waals surface area (Å²) in [6.07, 6.45) is 1.33. The molecule has 0 aliphatic heterocycles. The predicted molar refractivity (Wildman–Crippen MR) is 89.5 cm³/mol. The number of hydrogen-bond donors (Lipinski definition) is 1. The summed E-state index contributed by atoms with van der Waals surface area (Å²) in [4.78, 5) is 0. The molecule has 0 bridgehead atoms. The molecule has 1 atom stereocenters. The third-order valence-corrected chi connectivity index (χ3v) is 4.48. The predicted octanol–water partition coefficient (Wildman–Crippen LogP) is 4.28. The van der Waals surface area contributed by atoms with Gasteiger partial charge in [-0.25, -0.2) is 0 Å². The van der Waals surface area contributed by atoms with Crippen LogP contribution in [0.2, 0.25) is 15.1 Å².